The Labute approximate surface area is 219 Å². The van der Waals surface area contributed by atoms with Gasteiger partial charge in [0.25, 0.3) is 5.91 Å². The third-order valence-corrected chi connectivity index (χ3v) is 8.03. The summed E-state index contributed by atoms with van der Waals surface area (Å²) in [5, 5.41) is 8.43. The van der Waals surface area contributed by atoms with E-state index < -0.39 is 34.9 Å². The lowest BCUT2D eigenvalue weighted by Gasteiger charge is -2.39. The molecule has 1 saturated heterocycles. The lowest BCUT2D eigenvalue weighted by Crippen LogP contribution is -2.66. The molecule has 0 aromatic heterocycles. The van der Waals surface area contributed by atoms with Crippen molar-refractivity contribution in [2.45, 2.75) is 50.5 Å². The van der Waals surface area contributed by atoms with Crippen molar-refractivity contribution in [3.05, 3.63) is 28.8 Å². The second-order valence-corrected chi connectivity index (χ2v) is 10.4. The minimum Gasteiger partial charge on any atom is -0.368 e. The van der Waals surface area contributed by atoms with Crippen LogP contribution in [0.15, 0.2) is 17.1 Å². The first-order chi connectivity index (χ1) is 17.7. The highest BCUT2D eigenvalue weighted by Gasteiger charge is 2.54. The number of nitrogens with zero attached hydrogens (tertiary/aromatic N) is 2. The number of carbonyl (C=O) groups excluding carboxylic acids is 3. The maximum Gasteiger partial charge on any atom is 0.267 e. The molecule has 9 nitrogen and oxygen atoms in total. The van der Waals surface area contributed by atoms with E-state index >= 15 is 0 Å². The van der Waals surface area contributed by atoms with Crippen LogP contribution in [-0.2, 0) is 14.4 Å². The highest BCUT2D eigenvalue weighted by Crippen LogP contribution is 2.38. The molecule has 202 valence electrons. The van der Waals surface area contributed by atoms with E-state index in [1.807, 2.05) is 0 Å². The van der Waals surface area contributed by atoms with Crippen molar-refractivity contribution in [2.24, 2.45) is 22.6 Å². The number of rotatable bonds is 8. The first-order valence-electron chi connectivity index (χ1n) is 12.8. The number of amides is 3. The van der Waals surface area contributed by atoms with Gasteiger partial charge in [-0.1, -0.05) is 18.0 Å². The Morgan fingerprint density at radius 2 is 1.78 bits per heavy atom. The van der Waals surface area contributed by atoms with Crippen molar-refractivity contribution in [2.75, 3.05) is 38.2 Å². The number of benzene rings is 1. The number of hydrogen-bond acceptors (Lipinski definition) is 6. The van der Waals surface area contributed by atoms with Crippen molar-refractivity contribution in [3.8, 4) is 0 Å². The SMILES string of the molecule is NC(=O)C1(C2CCC(C(=O)Nc3cc(F)c(F)cc3Cl)CC2)NCN=C1C(=O)NCCN1CCCCC1. The number of nitrogens with one attached hydrogen (secondary N) is 3. The molecule has 1 saturated carbocycles. The largest absolute Gasteiger partial charge is 0.368 e. The number of aliphatic imine (C=N–C) groups is 1. The standard InChI is InChI=1S/C25H33ClF2N6O3/c26-17-12-18(27)19(28)13-20(17)33-22(35)15-4-6-16(7-5-15)25(24(29)37)21(31-14-32-25)23(36)30-8-11-34-9-2-1-3-10-34/h12-13,15-16,32H,1-11,14H2,(H2,29,37)(H,30,36)(H,33,35). The van der Waals surface area contributed by atoms with Gasteiger partial charge in [0.2, 0.25) is 11.8 Å². The minimum atomic E-state index is -1.40. The van der Waals surface area contributed by atoms with E-state index in [9.17, 15) is 23.2 Å². The maximum atomic E-state index is 13.6. The topological polar surface area (TPSA) is 129 Å². The molecule has 37 heavy (non-hydrogen) atoms. The molecule has 1 aromatic carbocycles. The lowest BCUT2D eigenvalue weighted by molar-refractivity contribution is -0.126. The second kappa shape index (κ2) is 11.8. The molecule has 0 bridgehead atoms. The molecule has 0 spiro atoms. The number of likely N-dealkylation sites (tertiary alicyclic amines) is 1. The summed E-state index contributed by atoms with van der Waals surface area (Å²) < 4.78 is 26.9. The molecular formula is C25H33ClF2N6O3. The summed E-state index contributed by atoms with van der Waals surface area (Å²) in [7, 11) is 0. The Balaban J connectivity index is 1.36. The fraction of sp³-hybridized carbons (Fsp3) is 0.600. The second-order valence-electron chi connectivity index (χ2n) is 9.96. The molecule has 1 unspecified atom stereocenters. The van der Waals surface area contributed by atoms with E-state index in [2.05, 4.69) is 25.8 Å². The predicted molar refractivity (Wildman–Crippen MR) is 136 cm³/mol. The van der Waals surface area contributed by atoms with E-state index in [0.29, 0.717) is 32.2 Å². The molecule has 4 rings (SSSR count). The smallest absolute Gasteiger partial charge is 0.267 e. The Bertz CT molecular complexity index is 1070. The van der Waals surface area contributed by atoms with Crippen LogP contribution in [-0.4, -0.2) is 66.7 Å². The highest BCUT2D eigenvalue weighted by atomic mass is 35.5. The quantitative estimate of drug-likeness (QED) is 0.377. The molecule has 12 heteroatoms. The molecule has 1 atom stereocenters. The van der Waals surface area contributed by atoms with Gasteiger partial charge in [-0.25, -0.2) is 8.78 Å². The van der Waals surface area contributed by atoms with Crippen LogP contribution in [0.4, 0.5) is 14.5 Å². The molecule has 5 N–H and O–H groups in total. The van der Waals surface area contributed by atoms with Crippen LogP contribution in [0.3, 0.4) is 0 Å². The van der Waals surface area contributed by atoms with Gasteiger partial charge in [0, 0.05) is 25.1 Å². The fourth-order valence-corrected chi connectivity index (χ4v) is 5.88. The van der Waals surface area contributed by atoms with Crippen LogP contribution in [0, 0.1) is 23.5 Å². The van der Waals surface area contributed by atoms with Crippen LogP contribution in [0.2, 0.25) is 5.02 Å². The van der Waals surface area contributed by atoms with Crippen molar-refractivity contribution in [1.82, 2.24) is 15.5 Å². The molecule has 2 aliphatic heterocycles. The average molecular weight is 539 g/mol. The average Bonchev–Trinajstić information content (AvgIpc) is 3.34. The fourth-order valence-electron chi connectivity index (χ4n) is 5.68. The number of hydrogen-bond donors (Lipinski definition) is 4. The van der Waals surface area contributed by atoms with Crippen LogP contribution in [0.5, 0.6) is 0 Å². The van der Waals surface area contributed by atoms with Crippen molar-refractivity contribution >= 4 is 40.7 Å². The molecule has 0 radical (unpaired) electrons. The number of primary amides is 1. The molecule has 3 amide bonds. The molecule has 3 aliphatic rings. The number of piperidine rings is 1. The van der Waals surface area contributed by atoms with E-state index in [1.54, 1.807) is 0 Å². The molecule has 2 fully saturated rings. The van der Waals surface area contributed by atoms with Crippen LogP contribution < -0.4 is 21.7 Å². The first kappa shape index (κ1) is 27.4. The number of halogens is 3. The van der Waals surface area contributed by atoms with E-state index in [4.69, 9.17) is 17.3 Å². The number of nitrogens with two attached hydrogens (primary N) is 1. The maximum absolute atomic E-state index is 13.6. The van der Waals surface area contributed by atoms with Crippen LogP contribution >= 0.6 is 11.6 Å². The minimum absolute atomic E-state index is 0.00519. The third-order valence-electron chi connectivity index (χ3n) is 7.71. The summed E-state index contributed by atoms with van der Waals surface area (Å²) in [6.07, 6.45) is 5.26. The van der Waals surface area contributed by atoms with Gasteiger partial charge in [0.05, 0.1) is 17.4 Å². The third kappa shape index (κ3) is 5.94. The van der Waals surface area contributed by atoms with Gasteiger partial charge in [-0.05, 0) is 63.6 Å². The summed E-state index contributed by atoms with van der Waals surface area (Å²) in [6, 6.07) is 1.66. The summed E-state index contributed by atoms with van der Waals surface area (Å²) in [5.41, 5.74) is 4.54. The van der Waals surface area contributed by atoms with Crippen LogP contribution in [0.25, 0.3) is 0 Å². The lowest BCUT2D eigenvalue weighted by atomic mass is 9.69. The Morgan fingerprint density at radius 1 is 1.11 bits per heavy atom. The highest BCUT2D eigenvalue weighted by molar-refractivity contribution is 6.47. The van der Waals surface area contributed by atoms with Crippen LogP contribution in [0.1, 0.15) is 44.9 Å². The summed E-state index contributed by atoms with van der Waals surface area (Å²) >= 11 is 5.94. The molecule has 2 heterocycles. The predicted octanol–water partition coefficient (Wildman–Crippen LogP) is 2.19. The van der Waals surface area contributed by atoms with E-state index in [-0.39, 0.29) is 34.9 Å². The van der Waals surface area contributed by atoms with Gasteiger partial charge in [0.1, 0.15) is 11.3 Å². The monoisotopic (exact) mass is 538 g/mol. The first-order valence-corrected chi connectivity index (χ1v) is 13.2. The van der Waals surface area contributed by atoms with Gasteiger partial charge in [-0.15, -0.1) is 0 Å². The number of carbonyl (C=O) groups is 3. The van der Waals surface area contributed by atoms with Crippen molar-refractivity contribution in [3.63, 3.8) is 0 Å². The zero-order valence-corrected chi connectivity index (χ0v) is 21.4. The van der Waals surface area contributed by atoms with Gasteiger partial charge >= 0.3 is 0 Å². The summed E-state index contributed by atoms with van der Waals surface area (Å²) in [4.78, 5) is 45.2. The summed E-state index contributed by atoms with van der Waals surface area (Å²) in [5.74, 6) is -4.41. The van der Waals surface area contributed by atoms with Gasteiger partial charge in [0.15, 0.2) is 11.6 Å². The summed E-state index contributed by atoms with van der Waals surface area (Å²) in [6.45, 7) is 3.32. The van der Waals surface area contributed by atoms with Crippen molar-refractivity contribution in [1.29, 1.82) is 0 Å². The Kier molecular flexibility index (Phi) is 8.76. The molecular weight excluding hydrogens is 506 g/mol. The van der Waals surface area contributed by atoms with Gasteiger partial charge in [-0.2, -0.15) is 0 Å². The zero-order chi connectivity index (χ0) is 26.6. The normalized spacial score (nSPS) is 26.4. The van der Waals surface area contributed by atoms with Gasteiger partial charge in [-0.3, -0.25) is 24.7 Å². The Morgan fingerprint density at radius 3 is 2.46 bits per heavy atom. The van der Waals surface area contributed by atoms with Gasteiger partial charge < -0.3 is 21.3 Å². The van der Waals surface area contributed by atoms with Crippen molar-refractivity contribution < 1.29 is 23.2 Å². The molecule has 1 aromatic rings. The Hall–Kier alpha value is -2.63. The zero-order valence-electron chi connectivity index (χ0n) is 20.6. The molecule has 1 aliphatic carbocycles. The number of anilines is 1. The van der Waals surface area contributed by atoms with E-state index in [1.165, 1.54) is 6.42 Å². The van der Waals surface area contributed by atoms with E-state index in [0.717, 1.165) is 44.6 Å².